The highest BCUT2D eigenvalue weighted by atomic mass is 35.5. The maximum atomic E-state index is 12.4. The third-order valence-corrected chi connectivity index (χ3v) is 3.66. The molecule has 0 heterocycles. The second kappa shape index (κ2) is 4.07. The van der Waals surface area contributed by atoms with Crippen LogP contribution >= 0.6 is 11.6 Å². The van der Waals surface area contributed by atoms with Crippen LogP contribution in [0.25, 0.3) is 0 Å². The second-order valence-corrected chi connectivity index (χ2v) is 4.95. The molecule has 1 aromatic carbocycles. The second-order valence-electron chi connectivity index (χ2n) is 2.46. The van der Waals surface area contributed by atoms with Gasteiger partial charge in [0.15, 0.2) is 9.84 Å². The average Bonchev–Trinajstić information content (AvgIpc) is 2.05. The van der Waals surface area contributed by atoms with Gasteiger partial charge in [-0.2, -0.15) is 0 Å². The summed E-state index contributed by atoms with van der Waals surface area (Å²) < 4.78 is 35.1. The van der Waals surface area contributed by atoms with Crippen molar-refractivity contribution in [3.05, 3.63) is 30.1 Å². The predicted molar refractivity (Wildman–Crippen MR) is 49.2 cm³/mol. The highest BCUT2D eigenvalue weighted by molar-refractivity contribution is 7.91. The molecule has 1 rings (SSSR count). The quantitative estimate of drug-likeness (QED) is 0.578. The summed E-state index contributed by atoms with van der Waals surface area (Å²) in [5, 5.41) is 0. The van der Waals surface area contributed by atoms with Crippen LogP contribution < -0.4 is 0 Å². The van der Waals surface area contributed by atoms with Crippen molar-refractivity contribution < 1.29 is 12.8 Å². The van der Waals surface area contributed by atoms with Crippen LogP contribution in [0.3, 0.4) is 0 Å². The van der Waals surface area contributed by atoms with Gasteiger partial charge < -0.3 is 0 Å². The molecule has 0 spiro atoms. The Labute approximate surface area is 81.3 Å². The fourth-order valence-electron chi connectivity index (χ4n) is 0.861. The van der Waals surface area contributed by atoms with Crippen molar-refractivity contribution in [2.45, 2.75) is 4.90 Å². The van der Waals surface area contributed by atoms with Gasteiger partial charge >= 0.3 is 0 Å². The predicted octanol–water partition coefficient (Wildman–Crippen LogP) is 1.84. The van der Waals surface area contributed by atoms with Gasteiger partial charge in [0.25, 0.3) is 0 Å². The topological polar surface area (TPSA) is 34.1 Å². The molecule has 0 saturated heterocycles. The van der Waals surface area contributed by atoms with Gasteiger partial charge in [-0.3, -0.25) is 0 Å². The lowest BCUT2D eigenvalue weighted by molar-refractivity contribution is 0.596. The average molecular weight is 223 g/mol. The third kappa shape index (κ3) is 2.67. The Balaban J connectivity index is 3.02. The molecule has 0 aliphatic heterocycles. The SMILES string of the molecule is O=S(=O)(CCCl)c1ccc(F)cc1. The molecule has 1 aromatic rings. The highest BCUT2D eigenvalue weighted by Gasteiger charge is 2.12. The van der Waals surface area contributed by atoms with E-state index in [0.29, 0.717) is 0 Å². The van der Waals surface area contributed by atoms with E-state index in [2.05, 4.69) is 0 Å². The van der Waals surface area contributed by atoms with Gasteiger partial charge in [-0.05, 0) is 24.3 Å². The summed E-state index contributed by atoms with van der Waals surface area (Å²) in [6.45, 7) is 0. The minimum atomic E-state index is -3.33. The zero-order chi connectivity index (χ0) is 9.90. The van der Waals surface area contributed by atoms with E-state index in [9.17, 15) is 12.8 Å². The molecule has 0 saturated carbocycles. The lowest BCUT2D eigenvalue weighted by atomic mass is 10.4. The van der Waals surface area contributed by atoms with Gasteiger partial charge in [-0.25, -0.2) is 12.8 Å². The summed E-state index contributed by atoms with van der Waals surface area (Å²) in [6.07, 6.45) is 0. The number of hydrogen-bond acceptors (Lipinski definition) is 2. The van der Waals surface area contributed by atoms with Crippen LogP contribution in [0.1, 0.15) is 0 Å². The van der Waals surface area contributed by atoms with Crippen LogP contribution in [-0.4, -0.2) is 20.1 Å². The fourth-order valence-corrected chi connectivity index (χ4v) is 2.46. The molecular formula is C8H8ClFO2S. The first-order valence-electron chi connectivity index (χ1n) is 3.60. The summed E-state index contributed by atoms with van der Waals surface area (Å²) in [7, 11) is -3.33. The number of rotatable bonds is 3. The van der Waals surface area contributed by atoms with Gasteiger partial charge in [0.05, 0.1) is 10.6 Å². The van der Waals surface area contributed by atoms with Crippen molar-refractivity contribution in [2.24, 2.45) is 0 Å². The first-order chi connectivity index (χ1) is 6.06. The van der Waals surface area contributed by atoms with Crippen molar-refractivity contribution >= 4 is 21.4 Å². The van der Waals surface area contributed by atoms with E-state index < -0.39 is 15.7 Å². The van der Waals surface area contributed by atoms with Gasteiger partial charge in [0.1, 0.15) is 5.82 Å². The van der Waals surface area contributed by atoms with Gasteiger partial charge in [0.2, 0.25) is 0 Å². The summed E-state index contributed by atoms with van der Waals surface area (Å²) in [5.41, 5.74) is 0. The van der Waals surface area contributed by atoms with Gasteiger partial charge in [-0.1, -0.05) is 0 Å². The molecule has 0 aromatic heterocycles. The summed E-state index contributed by atoms with van der Waals surface area (Å²) in [4.78, 5) is 0.106. The van der Waals surface area contributed by atoms with E-state index >= 15 is 0 Å². The van der Waals surface area contributed by atoms with Crippen LogP contribution in [0, 0.1) is 5.82 Å². The van der Waals surface area contributed by atoms with Crippen LogP contribution in [0.5, 0.6) is 0 Å². The minimum Gasteiger partial charge on any atom is -0.224 e. The fraction of sp³-hybridized carbons (Fsp3) is 0.250. The number of hydrogen-bond donors (Lipinski definition) is 0. The van der Waals surface area contributed by atoms with E-state index in [1.807, 2.05) is 0 Å². The molecule has 0 atom stereocenters. The third-order valence-electron chi connectivity index (χ3n) is 1.52. The molecular weight excluding hydrogens is 215 g/mol. The van der Waals surface area contributed by atoms with Crippen molar-refractivity contribution in [1.29, 1.82) is 0 Å². The normalized spacial score (nSPS) is 11.5. The molecule has 0 bridgehead atoms. The molecule has 0 aliphatic carbocycles. The van der Waals surface area contributed by atoms with E-state index in [1.54, 1.807) is 0 Å². The van der Waals surface area contributed by atoms with Gasteiger partial charge in [0, 0.05) is 5.88 Å². The molecule has 0 fully saturated rings. The Kier molecular flexibility index (Phi) is 3.27. The molecule has 0 radical (unpaired) electrons. The Morgan fingerprint density at radius 3 is 2.23 bits per heavy atom. The Hall–Kier alpha value is -0.610. The lowest BCUT2D eigenvalue weighted by Crippen LogP contribution is -2.07. The molecule has 5 heteroatoms. The number of halogens is 2. The van der Waals surface area contributed by atoms with Crippen LogP contribution in [0.2, 0.25) is 0 Å². The van der Waals surface area contributed by atoms with E-state index in [0.717, 1.165) is 12.1 Å². The molecule has 72 valence electrons. The summed E-state index contributed by atoms with van der Waals surface area (Å²) >= 11 is 5.31. The first kappa shape index (κ1) is 10.5. The first-order valence-corrected chi connectivity index (χ1v) is 5.79. The molecule has 0 amide bonds. The Morgan fingerprint density at radius 2 is 1.77 bits per heavy atom. The van der Waals surface area contributed by atoms with Gasteiger partial charge in [-0.15, -0.1) is 11.6 Å². The van der Waals surface area contributed by atoms with Crippen molar-refractivity contribution in [1.82, 2.24) is 0 Å². The van der Waals surface area contributed by atoms with Crippen LogP contribution in [0.4, 0.5) is 4.39 Å². The molecule has 0 N–H and O–H groups in total. The lowest BCUT2D eigenvalue weighted by Gasteiger charge is -2.00. The number of sulfone groups is 1. The Morgan fingerprint density at radius 1 is 1.23 bits per heavy atom. The minimum absolute atomic E-state index is 0.0414. The summed E-state index contributed by atoms with van der Waals surface area (Å²) in [5.74, 6) is -0.537. The standard InChI is InChI=1S/C8H8ClFO2S/c9-5-6-13(11,12)8-3-1-7(10)2-4-8/h1-4H,5-6H2. The largest absolute Gasteiger partial charge is 0.224 e. The smallest absolute Gasteiger partial charge is 0.179 e. The Bertz CT molecular complexity index is 372. The maximum absolute atomic E-state index is 12.4. The number of benzene rings is 1. The van der Waals surface area contributed by atoms with Crippen molar-refractivity contribution in [3.8, 4) is 0 Å². The molecule has 13 heavy (non-hydrogen) atoms. The maximum Gasteiger partial charge on any atom is 0.179 e. The monoisotopic (exact) mass is 222 g/mol. The van der Waals surface area contributed by atoms with E-state index in [-0.39, 0.29) is 16.5 Å². The highest BCUT2D eigenvalue weighted by Crippen LogP contribution is 2.11. The molecule has 2 nitrogen and oxygen atoms in total. The van der Waals surface area contributed by atoms with E-state index in [1.165, 1.54) is 12.1 Å². The zero-order valence-corrected chi connectivity index (χ0v) is 8.28. The summed E-state index contributed by atoms with van der Waals surface area (Å²) in [6, 6.07) is 4.69. The van der Waals surface area contributed by atoms with Crippen molar-refractivity contribution in [3.63, 3.8) is 0 Å². The van der Waals surface area contributed by atoms with Crippen molar-refractivity contribution in [2.75, 3.05) is 11.6 Å². The van der Waals surface area contributed by atoms with Crippen LogP contribution in [0.15, 0.2) is 29.2 Å². The van der Waals surface area contributed by atoms with Crippen LogP contribution in [-0.2, 0) is 9.84 Å². The molecule has 0 aliphatic rings. The molecule has 0 unspecified atom stereocenters. The zero-order valence-electron chi connectivity index (χ0n) is 6.70. The number of alkyl halides is 1. The van der Waals surface area contributed by atoms with E-state index in [4.69, 9.17) is 11.6 Å².